The number of para-hydroxylation sites is 1. The summed E-state index contributed by atoms with van der Waals surface area (Å²) in [6, 6.07) is 7.66. The SMILES string of the molecule is O=C(CC1Sc2ccccc2NC1=O)Nc1nc2c(s1)CCCCC2. The maximum atomic E-state index is 12.4. The van der Waals surface area contributed by atoms with Crippen molar-refractivity contribution in [3.63, 3.8) is 0 Å². The van der Waals surface area contributed by atoms with Crippen molar-refractivity contribution in [1.29, 1.82) is 0 Å². The van der Waals surface area contributed by atoms with Gasteiger partial charge in [0.1, 0.15) is 0 Å². The van der Waals surface area contributed by atoms with Crippen LogP contribution in [0, 0.1) is 0 Å². The highest BCUT2D eigenvalue weighted by atomic mass is 32.2. The fourth-order valence-corrected chi connectivity index (χ4v) is 5.32. The zero-order chi connectivity index (χ0) is 17.2. The zero-order valence-corrected chi connectivity index (χ0v) is 15.3. The van der Waals surface area contributed by atoms with Crippen molar-refractivity contribution >= 4 is 45.7 Å². The minimum Gasteiger partial charge on any atom is -0.324 e. The number of fused-ring (bicyclic) bond motifs is 2. The van der Waals surface area contributed by atoms with E-state index in [4.69, 9.17) is 0 Å². The van der Waals surface area contributed by atoms with Gasteiger partial charge >= 0.3 is 0 Å². The lowest BCUT2D eigenvalue weighted by Gasteiger charge is -2.23. The van der Waals surface area contributed by atoms with Gasteiger partial charge in [-0.05, 0) is 37.8 Å². The second-order valence-corrected chi connectivity index (χ2v) is 8.62. The van der Waals surface area contributed by atoms with E-state index in [1.165, 1.54) is 35.9 Å². The maximum absolute atomic E-state index is 12.4. The Labute approximate surface area is 154 Å². The third-order valence-electron chi connectivity index (χ3n) is 4.42. The monoisotopic (exact) mass is 373 g/mol. The number of hydrogen-bond acceptors (Lipinski definition) is 5. The quantitative estimate of drug-likeness (QED) is 0.802. The molecule has 25 heavy (non-hydrogen) atoms. The summed E-state index contributed by atoms with van der Waals surface area (Å²) in [6.45, 7) is 0. The number of nitrogens with one attached hydrogen (secondary N) is 2. The van der Waals surface area contributed by atoms with Gasteiger partial charge in [0.25, 0.3) is 0 Å². The van der Waals surface area contributed by atoms with Crippen LogP contribution in [0.1, 0.15) is 36.3 Å². The number of carbonyl (C=O) groups excluding carboxylic acids is 2. The minimum absolute atomic E-state index is 0.117. The lowest BCUT2D eigenvalue weighted by molar-refractivity contribution is -0.120. The van der Waals surface area contributed by atoms with E-state index in [1.807, 2.05) is 24.3 Å². The number of rotatable bonds is 3. The molecule has 0 bridgehead atoms. The van der Waals surface area contributed by atoms with Gasteiger partial charge in [0.05, 0.1) is 16.6 Å². The number of nitrogens with zero attached hydrogens (tertiary/aromatic N) is 1. The number of carbonyl (C=O) groups is 2. The fraction of sp³-hybridized carbons (Fsp3) is 0.389. The zero-order valence-electron chi connectivity index (χ0n) is 13.7. The van der Waals surface area contributed by atoms with Gasteiger partial charge in [-0.25, -0.2) is 4.98 Å². The van der Waals surface area contributed by atoms with Crippen LogP contribution in [0.15, 0.2) is 29.2 Å². The number of aryl methyl sites for hydroxylation is 2. The largest absolute Gasteiger partial charge is 0.324 e. The van der Waals surface area contributed by atoms with Gasteiger partial charge in [0, 0.05) is 16.2 Å². The average Bonchev–Trinajstić information content (AvgIpc) is 2.83. The molecule has 130 valence electrons. The van der Waals surface area contributed by atoms with Gasteiger partial charge in [-0.1, -0.05) is 18.6 Å². The molecule has 1 aliphatic carbocycles. The van der Waals surface area contributed by atoms with Crippen molar-refractivity contribution in [3.8, 4) is 0 Å². The molecule has 7 heteroatoms. The summed E-state index contributed by atoms with van der Waals surface area (Å²) >= 11 is 3.02. The minimum atomic E-state index is -0.410. The molecule has 2 aromatic rings. The molecule has 0 radical (unpaired) electrons. The average molecular weight is 374 g/mol. The molecule has 5 nitrogen and oxygen atoms in total. The van der Waals surface area contributed by atoms with E-state index in [2.05, 4.69) is 15.6 Å². The van der Waals surface area contributed by atoms with Crippen LogP contribution in [0.5, 0.6) is 0 Å². The molecular weight excluding hydrogens is 354 g/mol. The molecular formula is C18H19N3O2S2. The summed E-state index contributed by atoms with van der Waals surface area (Å²) in [5, 5.41) is 6.02. The topological polar surface area (TPSA) is 71.1 Å². The number of hydrogen-bond donors (Lipinski definition) is 2. The Hall–Kier alpha value is -1.86. The molecule has 1 aromatic heterocycles. The second kappa shape index (κ2) is 7.17. The molecule has 1 unspecified atom stereocenters. The standard InChI is InChI=1S/C18H19N3O2S2/c22-16(21-18-20-12-6-2-1-3-8-14(12)25-18)10-15-17(23)19-11-7-4-5-9-13(11)24-15/h4-5,7,9,15H,1-3,6,8,10H2,(H,19,23)(H,20,21,22). The second-order valence-electron chi connectivity index (χ2n) is 6.29. The molecule has 0 saturated heterocycles. The highest BCUT2D eigenvalue weighted by Crippen LogP contribution is 2.37. The Kier molecular flexibility index (Phi) is 4.76. The first-order valence-electron chi connectivity index (χ1n) is 8.54. The molecule has 0 spiro atoms. The van der Waals surface area contributed by atoms with Gasteiger partial charge in [-0.15, -0.1) is 23.1 Å². The number of thioether (sulfide) groups is 1. The molecule has 0 saturated carbocycles. The fourth-order valence-electron chi connectivity index (χ4n) is 3.15. The van der Waals surface area contributed by atoms with E-state index < -0.39 is 5.25 Å². The van der Waals surface area contributed by atoms with Crippen molar-refractivity contribution in [3.05, 3.63) is 34.8 Å². The molecule has 1 atom stereocenters. The number of amides is 2. The van der Waals surface area contributed by atoms with E-state index in [9.17, 15) is 9.59 Å². The molecule has 2 N–H and O–H groups in total. The Morgan fingerprint density at radius 3 is 3.00 bits per heavy atom. The lowest BCUT2D eigenvalue weighted by Crippen LogP contribution is -2.32. The van der Waals surface area contributed by atoms with Crippen LogP contribution in [-0.2, 0) is 22.4 Å². The molecule has 0 fully saturated rings. The van der Waals surface area contributed by atoms with E-state index >= 15 is 0 Å². The third kappa shape index (κ3) is 3.72. The first-order chi connectivity index (χ1) is 12.2. The number of thiazole rings is 1. The summed E-state index contributed by atoms with van der Waals surface area (Å²) in [5.74, 6) is -0.273. The summed E-state index contributed by atoms with van der Waals surface area (Å²) in [5.41, 5.74) is 1.95. The summed E-state index contributed by atoms with van der Waals surface area (Å²) < 4.78 is 0. The van der Waals surface area contributed by atoms with E-state index in [-0.39, 0.29) is 18.2 Å². The van der Waals surface area contributed by atoms with E-state index in [0.717, 1.165) is 29.1 Å². The maximum Gasteiger partial charge on any atom is 0.238 e. The third-order valence-corrected chi connectivity index (χ3v) is 6.77. The van der Waals surface area contributed by atoms with Crippen LogP contribution in [0.3, 0.4) is 0 Å². The first-order valence-corrected chi connectivity index (χ1v) is 10.2. The molecule has 1 aromatic carbocycles. The summed E-state index contributed by atoms with van der Waals surface area (Å²) in [7, 11) is 0. The highest BCUT2D eigenvalue weighted by Gasteiger charge is 2.29. The van der Waals surface area contributed by atoms with Gasteiger partial charge < -0.3 is 10.6 Å². The van der Waals surface area contributed by atoms with Crippen LogP contribution >= 0.6 is 23.1 Å². The molecule has 2 heterocycles. The Morgan fingerprint density at radius 2 is 2.08 bits per heavy atom. The van der Waals surface area contributed by atoms with Crippen molar-refractivity contribution in [2.24, 2.45) is 0 Å². The summed E-state index contributed by atoms with van der Waals surface area (Å²) in [4.78, 5) is 31.5. The predicted octanol–water partition coefficient (Wildman–Crippen LogP) is 3.85. The number of aromatic nitrogens is 1. The van der Waals surface area contributed by atoms with Gasteiger partial charge in [-0.3, -0.25) is 9.59 Å². The number of benzene rings is 1. The normalized spacial score (nSPS) is 19.4. The van der Waals surface area contributed by atoms with Crippen molar-refractivity contribution in [2.45, 2.75) is 48.7 Å². The van der Waals surface area contributed by atoms with Crippen LogP contribution in [0.2, 0.25) is 0 Å². The van der Waals surface area contributed by atoms with Gasteiger partial charge in [-0.2, -0.15) is 0 Å². The Balaban J connectivity index is 1.40. The predicted molar refractivity (Wildman–Crippen MR) is 101 cm³/mol. The smallest absolute Gasteiger partial charge is 0.238 e. The van der Waals surface area contributed by atoms with Crippen LogP contribution in [-0.4, -0.2) is 22.0 Å². The summed E-state index contributed by atoms with van der Waals surface area (Å²) in [6.07, 6.45) is 5.82. The van der Waals surface area contributed by atoms with Gasteiger partial charge in [0.2, 0.25) is 11.8 Å². The molecule has 1 aliphatic heterocycles. The highest BCUT2D eigenvalue weighted by molar-refractivity contribution is 8.01. The molecule has 2 amide bonds. The van der Waals surface area contributed by atoms with Gasteiger partial charge in [0.15, 0.2) is 5.13 Å². The Bertz CT molecular complexity index is 795. The Morgan fingerprint density at radius 1 is 1.24 bits per heavy atom. The molecule has 2 aliphatic rings. The number of anilines is 2. The van der Waals surface area contributed by atoms with Crippen molar-refractivity contribution in [2.75, 3.05) is 10.6 Å². The van der Waals surface area contributed by atoms with Crippen molar-refractivity contribution in [1.82, 2.24) is 4.98 Å². The van der Waals surface area contributed by atoms with E-state index in [1.54, 1.807) is 11.3 Å². The molecule has 4 rings (SSSR count). The lowest BCUT2D eigenvalue weighted by atomic mass is 10.2. The van der Waals surface area contributed by atoms with Crippen LogP contribution in [0.4, 0.5) is 10.8 Å². The van der Waals surface area contributed by atoms with Crippen LogP contribution < -0.4 is 10.6 Å². The van der Waals surface area contributed by atoms with Crippen molar-refractivity contribution < 1.29 is 9.59 Å². The first kappa shape index (κ1) is 16.6. The van der Waals surface area contributed by atoms with E-state index in [0.29, 0.717) is 5.13 Å². The van der Waals surface area contributed by atoms with Crippen LogP contribution in [0.25, 0.3) is 0 Å².